The summed E-state index contributed by atoms with van der Waals surface area (Å²) in [5.41, 5.74) is 0. The molecule has 0 aromatic carbocycles. The molecule has 0 radical (unpaired) electrons. The maximum Gasteiger partial charge on any atom is 0.224 e. The average molecular weight is 235 g/mol. The van der Waals surface area contributed by atoms with Gasteiger partial charge in [-0.2, -0.15) is 0 Å². The molecule has 0 saturated carbocycles. The van der Waals surface area contributed by atoms with Gasteiger partial charge in [-0.25, -0.2) is 4.98 Å². The van der Waals surface area contributed by atoms with Crippen LogP contribution in [0.1, 0.15) is 39.0 Å². The van der Waals surface area contributed by atoms with E-state index in [0.717, 1.165) is 25.9 Å². The summed E-state index contributed by atoms with van der Waals surface area (Å²) in [6.07, 6.45) is 10.7. The normalized spacial score (nSPS) is 20.5. The van der Waals surface area contributed by atoms with E-state index in [1.165, 1.54) is 12.8 Å². The highest BCUT2D eigenvalue weighted by atomic mass is 16.2. The van der Waals surface area contributed by atoms with Crippen LogP contribution in [-0.2, 0) is 11.3 Å². The summed E-state index contributed by atoms with van der Waals surface area (Å²) in [5, 5.41) is 0. The fourth-order valence-electron chi connectivity index (χ4n) is 2.54. The van der Waals surface area contributed by atoms with Gasteiger partial charge in [0.1, 0.15) is 0 Å². The number of carbonyl (C=O) groups excluding carboxylic acids is 1. The van der Waals surface area contributed by atoms with Gasteiger partial charge in [-0.15, -0.1) is 0 Å². The molecule has 2 rings (SSSR count). The summed E-state index contributed by atoms with van der Waals surface area (Å²) < 4.78 is 1.96. The molecule has 2 heterocycles. The van der Waals surface area contributed by atoms with Crippen molar-refractivity contribution in [2.24, 2.45) is 0 Å². The number of piperidine rings is 1. The Morgan fingerprint density at radius 1 is 1.47 bits per heavy atom. The van der Waals surface area contributed by atoms with Gasteiger partial charge in [-0.05, 0) is 25.7 Å². The lowest BCUT2D eigenvalue weighted by molar-refractivity contribution is -0.135. The minimum Gasteiger partial charge on any atom is -0.340 e. The van der Waals surface area contributed by atoms with Crippen LogP contribution >= 0.6 is 0 Å². The molecule has 1 aromatic rings. The molecular formula is C13H21N3O. The second kappa shape index (κ2) is 5.84. The summed E-state index contributed by atoms with van der Waals surface area (Å²) in [4.78, 5) is 18.2. The second-order valence-electron chi connectivity index (χ2n) is 4.70. The lowest BCUT2D eigenvalue weighted by atomic mass is 9.99. The molecule has 1 aromatic heterocycles. The number of carbonyl (C=O) groups is 1. The third kappa shape index (κ3) is 3.08. The number of imidazole rings is 1. The standard InChI is InChI=1S/C13H21N3O/c1-2-12-5-3-4-8-16(12)13(17)6-9-15-10-7-14-11-15/h7,10-12H,2-6,8-9H2,1H3/t12-/m0/s1. The highest BCUT2D eigenvalue weighted by Crippen LogP contribution is 2.20. The molecule has 0 spiro atoms. The number of aryl methyl sites for hydroxylation is 1. The number of hydrogen-bond donors (Lipinski definition) is 0. The second-order valence-corrected chi connectivity index (χ2v) is 4.70. The van der Waals surface area contributed by atoms with E-state index in [2.05, 4.69) is 16.8 Å². The minimum absolute atomic E-state index is 0.297. The van der Waals surface area contributed by atoms with Gasteiger partial charge in [0.2, 0.25) is 5.91 Å². The molecule has 0 aliphatic carbocycles. The molecular weight excluding hydrogens is 214 g/mol. The maximum atomic E-state index is 12.2. The lowest BCUT2D eigenvalue weighted by Crippen LogP contribution is -2.43. The van der Waals surface area contributed by atoms with E-state index in [1.807, 2.05) is 10.8 Å². The van der Waals surface area contributed by atoms with Crippen LogP contribution in [0.15, 0.2) is 18.7 Å². The predicted molar refractivity (Wildman–Crippen MR) is 66.5 cm³/mol. The Balaban J connectivity index is 1.85. The van der Waals surface area contributed by atoms with Gasteiger partial charge in [0.15, 0.2) is 0 Å². The van der Waals surface area contributed by atoms with Gasteiger partial charge < -0.3 is 9.47 Å². The minimum atomic E-state index is 0.297. The largest absolute Gasteiger partial charge is 0.340 e. The smallest absolute Gasteiger partial charge is 0.224 e. The van der Waals surface area contributed by atoms with Gasteiger partial charge >= 0.3 is 0 Å². The van der Waals surface area contributed by atoms with Crippen LogP contribution in [0, 0.1) is 0 Å². The first-order valence-electron chi connectivity index (χ1n) is 6.56. The first-order valence-corrected chi connectivity index (χ1v) is 6.56. The van der Waals surface area contributed by atoms with Crippen molar-refractivity contribution >= 4 is 5.91 Å². The number of rotatable bonds is 4. The van der Waals surface area contributed by atoms with Gasteiger partial charge in [0.05, 0.1) is 6.33 Å². The zero-order chi connectivity index (χ0) is 12.1. The number of nitrogens with zero attached hydrogens (tertiary/aromatic N) is 3. The predicted octanol–water partition coefficient (Wildman–Crippen LogP) is 2.06. The third-order valence-electron chi connectivity index (χ3n) is 3.56. The van der Waals surface area contributed by atoms with Crippen molar-refractivity contribution in [2.45, 2.75) is 51.6 Å². The van der Waals surface area contributed by atoms with Gasteiger partial charge in [-0.1, -0.05) is 6.92 Å². The van der Waals surface area contributed by atoms with Crippen LogP contribution in [0.25, 0.3) is 0 Å². The summed E-state index contributed by atoms with van der Waals surface area (Å²) in [5.74, 6) is 0.297. The highest BCUT2D eigenvalue weighted by molar-refractivity contribution is 5.76. The molecule has 17 heavy (non-hydrogen) atoms. The maximum absolute atomic E-state index is 12.2. The number of likely N-dealkylation sites (tertiary alicyclic amines) is 1. The van der Waals surface area contributed by atoms with Crippen molar-refractivity contribution in [3.05, 3.63) is 18.7 Å². The number of amides is 1. The Bertz CT molecular complexity index is 348. The number of hydrogen-bond acceptors (Lipinski definition) is 2. The van der Waals surface area contributed by atoms with E-state index in [1.54, 1.807) is 12.5 Å². The van der Waals surface area contributed by atoms with E-state index >= 15 is 0 Å². The highest BCUT2D eigenvalue weighted by Gasteiger charge is 2.24. The Hall–Kier alpha value is -1.32. The first kappa shape index (κ1) is 12.1. The molecule has 94 valence electrons. The number of aromatic nitrogens is 2. The molecule has 0 bridgehead atoms. The fraction of sp³-hybridized carbons (Fsp3) is 0.692. The first-order chi connectivity index (χ1) is 8.31. The van der Waals surface area contributed by atoms with Crippen LogP contribution < -0.4 is 0 Å². The topological polar surface area (TPSA) is 38.1 Å². The summed E-state index contributed by atoms with van der Waals surface area (Å²) >= 11 is 0. The van der Waals surface area contributed by atoms with Gasteiger partial charge in [0.25, 0.3) is 0 Å². The van der Waals surface area contributed by atoms with Crippen LogP contribution in [0.2, 0.25) is 0 Å². The molecule has 1 aliphatic rings. The van der Waals surface area contributed by atoms with Crippen molar-refractivity contribution in [3.63, 3.8) is 0 Å². The molecule has 4 nitrogen and oxygen atoms in total. The average Bonchev–Trinajstić information content (AvgIpc) is 2.89. The molecule has 1 atom stereocenters. The summed E-state index contributed by atoms with van der Waals surface area (Å²) in [6, 6.07) is 0.471. The fourth-order valence-corrected chi connectivity index (χ4v) is 2.54. The Labute approximate surface area is 103 Å². The van der Waals surface area contributed by atoms with Crippen LogP contribution in [0.3, 0.4) is 0 Å². The molecule has 4 heteroatoms. The Kier molecular flexibility index (Phi) is 4.18. The zero-order valence-corrected chi connectivity index (χ0v) is 10.5. The van der Waals surface area contributed by atoms with Crippen molar-refractivity contribution in [2.75, 3.05) is 6.54 Å². The molecule has 1 saturated heterocycles. The van der Waals surface area contributed by atoms with E-state index < -0.39 is 0 Å². The summed E-state index contributed by atoms with van der Waals surface area (Å²) in [6.45, 7) is 3.86. The van der Waals surface area contributed by atoms with E-state index in [0.29, 0.717) is 18.4 Å². The van der Waals surface area contributed by atoms with Crippen LogP contribution in [0.4, 0.5) is 0 Å². The Morgan fingerprint density at radius 2 is 2.35 bits per heavy atom. The summed E-state index contributed by atoms with van der Waals surface area (Å²) in [7, 11) is 0. The molecule has 1 amide bonds. The third-order valence-corrected chi connectivity index (χ3v) is 3.56. The SMILES string of the molecule is CC[C@H]1CCCCN1C(=O)CCn1ccnc1. The monoisotopic (exact) mass is 235 g/mol. The van der Waals surface area contributed by atoms with Gasteiger partial charge in [-0.3, -0.25) is 4.79 Å². The molecule has 1 fully saturated rings. The van der Waals surface area contributed by atoms with Gasteiger partial charge in [0, 0.05) is 37.9 Å². The molecule has 0 unspecified atom stereocenters. The van der Waals surface area contributed by atoms with E-state index in [4.69, 9.17) is 0 Å². The Morgan fingerprint density at radius 3 is 3.06 bits per heavy atom. The van der Waals surface area contributed by atoms with Crippen molar-refractivity contribution < 1.29 is 4.79 Å². The molecule has 1 aliphatic heterocycles. The van der Waals surface area contributed by atoms with E-state index in [9.17, 15) is 4.79 Å². The zero-order valence-electron chi connectivity index (χ0n) is 10.5. The van der Waals surface area contributed by atoms with Crippen LogP contribution in [0.5, 0.6) is 0 Å². The van der Waals surface area contributed by atoms with Crippen molar-refractivity contribution in [3.8, 4) is 0 Å². The van der Waals surface area contributed by atoms with E-state index in [-0.39, 0.29) is 0 Å². The van der Waals surface area contributed by atoms with Crippen molar-refractivity contribution in [1.82, 2.24) is 14.5 Å². The quantitative estimate of drug-likeness (QED) is 0.801. The molecule has 0 N–H and O–H groups in total. The van der Waals surface area contributed by atoms with Crippen molar-refractivity contribution in [1.29, 1.82) is 0 Å². The van der Waals surface area contributed by atoms with Crippen LogP contribution in [-0.4, -0.2) is 32.9 Å². The lowest BCUT2D eigenvalue weighted by Gasteiger charge is -2.35.